The highest BCUT2D eigenvalue weighted by atomic mass is 15.0. The van der Waals surface area contributed by atoms with Gasteiger partial charge in [-0.15, -0.1) is 0 Å². The fourth-order valence-corrected chi connectivity index (χ4v) is 2.35. The molecule has 0 unspecified atom stereocenters. The van der Waals surface area contributed by atoms with Gasteiger partial charge in [0.05, 0.1) is 0 Å². The average molecular weight is 256 g/mol. The number of hydrogen-bond donors (Lipinski definition) is 1. The van der Waals surface area contributed by atoms with E-state index in [0.717, 1.165) is 13.1 Å². The minimum atomic E-state index is 0.962. The number of unbranched alkanes of at least 4 members (excludes halogenated alkanes) is 1. The molecule has 1 N–H and O–H groups in total. The standard InChI is InChI=1S/C17H24N2/c1-19(2)13-6-5-12-18-14-16-10-7-9-15-8-3-4-11-17(15)16/h3-4,7-11,18H,5-6,12-14H2,1-2H3. The molecule has 2 rings (SSSR count). The van der Waals surface area contributed by atoms with Gasteiger partial charge in [-0.25, -0.2) is 0 Å². The minimum Gasteiger partial charge on any atom is -0.313 e. The summed E-state index contributed by atoms with van der Waals surface area (Å²) in [5, 5.41) is 6.24. The van der Waals surface area contributed by atoms with Crippen LogP contribution in [0.25, 0.3) is 10.8 Å². The van der Waals surface area contributed by atoms with Crippen LogP contribution >= 0.6 is 0 Å². The Kier molecular flexibility index (Phi) is 5.37. The van der Waals surface area contributed by atoms with Crippen LogP contribution in [0.5, 0.6) is 0 Å². The molecule has 102 valence electrons. The van der Waals surface area contributed by atoms with Gasteiger partial charge < -0.3 is 10.2 Å². The lowest BCUT2D eigenvalue weighted by atomic mass is 10.0. The van der Waals surface area contributed by atoms with Crippen LogP contribution in [0, 0.1) is 0 Å². The monoisotopic (exact) mass is 256 g/mol. The van der Waals surface area contributed by atoms with Crippen LogP contribution in [-0.4, -0.2) is 32.1 Å². The van der Waals surface area contributed by atoms with Crippen LogP contribution in [0.15, 0.2) is 42.5 Å². The Morgan fingerprint density at radius 2 is 1.74 bits per heavy atom. The van der Waals surface area contributed by atoms with Crippen LogP contribution in [0.1, 0.15) is 18.4 Å². The molecule has 0 amide bonds. The van der Waals surface area contributed by atoms with Gasteiger partial charge in [-0.3, -0.25) is 0 Å². The maximum atomic E-state index is 3.55. The highest BCUT2D eigenvalue weighted by molar-refractivity contribution is 5.85. The number of rotatable bonds is 7. The molecule has 0 heterocycles. The third kappa shape index (κ3) is 4.34. The SMILES string of the molecule is CN(C)CCCCNCc1cccc2ccccc12. The molecule has 0 spiro atoms. The lowest BCUT2D eigenvalue weighted by Gasteiger charge is -2.10. The minimum absolute atomic E-state index is 0.962. The molecule has 0 bridgehead atoms. The number of nitrogens with one attached hydrogen (secondary N) is 1. The highest BCUT2D eigenvalue weighted by Gasteiger charge is 1.99. The van der Waals surface area contributed by atoms with E-state index in [4.69, 9.17) is 0 Å². The summed E-state index contributed by atoms with van der Waals surface area (Å²) in [5.74, 6) is 0. The van der Waals surface area contributed by atoms with Gasteiger partial charge in [0.2, 0.25) is 0 Å². The number of benzene rings is 2. The third-order valence-corrected chi connectivity index (χ3v) is 3.40. The molecule has 0 radical (unpaired) electrons. The molecule has 0 atom stereocenters. The number of fused-ring (bicyclic) bond motifs is 1. The molecule has 0 saturated carbocycles. The van der Waals surface area contributed by atoms with Crippen molar-refractivity contribution in [2.75, 3.05) is 27.2 Å². The van der Waals surface area contributed by atoms with Gasteiger partial charge in [0.25, 0.3) is 0 Å². The zero-order chi connectivity index (χ0) is 13.5. The number of hydrogen-bond acceptors (Lipinski definition) is 2. The van der Waals surface area contributed by atoms with Crippen LogP contribution in [-0.2, 0) is 6.54 Å². The van der Waals surface area contributed by atoms with Gasteiger partial charge in [-0.2, -0.15) is 0 Å². The van der Waals surface area contributed by atoms with Crippen LogP contribution < -0.4 is 5.32 Å². The zero-order valence-electron chi connectivity index (χ0n) is 12.0. The Bertz CT molecular complexity index is 500. The van der Waals surface area contributed by atoms with Gasteiger partial charge >= 0.3 is 0 Å². The third-order valence-electron chi connectivity index (χ3n) is 3.40. The van der Waals surface area contributed by atoms with Gasteiger partial charge in [-0.05, 0) is 56.4 Å². The second-order valence-electron chi connectivity index (χ2n) is 5.33. The summed E-state index contributed by atoms with van der Waals surface area (Å²) in [5.41, 5.74) is 1.39. The molecule has 0 saturated heterocycles. The predicted molar refractivity (Wildman–Crippen MR) is 83.4 cm³/mol. The Hall–Kier alpha value is -1.38. The summed E-state index contributed by atoms with van der Waals surface area (Å²) in [6.45, 7) is 3.23. The van der Waals surface area contributed by atoms with Gasteiger partial charge in [0.1, 0.15) is 0 Å². The second-order valence-corrected chi connectivity index (χ2v) is 5.33. The first-order valence-electron chi connectivity index (χ1n) is 7.09. The molecule has 19 heavy (non-hydrogen) atoms. The molecule has 0 aromatic heterocycles. The van der Waals surface area contributed by atoms with E-state index >= 15 is 0 Å². The fraction of sp³-hybridized carbons (Fsp3) is 0.412. The molecule has 0 fully saturated rings. The molecule has 2 aromatic rings. The molecule has 0 aliphatic carbocycles. The van der Waals surface area contributed by atoms with E-state index in [1.807, 2.05) is 0 Å². The maximum absolute atomic E-state index is 3.55. The molecular formula is C17H24N2. The molecule has 2 nitrogen and oxygen atoms in total. The zero-order valence-corrected chi connectivity index (χ0v) is 12.0. The van der Waals surface area contributed by atoms with E-state index in [2.05, 4.69) is 66.8 Å². The molecular weight excluding hydrogens is 232 g/mol. The summed E-state index contributed by atoms with van der Waals surface area (Å²) in [7, 11) is 4.26. The molecule has 2 aromatic carbocycles. The van der Waals surface area contributed by atoms with E-state index in [1.54, 1.807) is 0 Å². The lowest BCUT2D eigenvalue weighted by Crippen LogP contribution is -2.18. The maximum Gasteiger partial charge on any atom is 0.0211 e. The average Bonchev–Trinajstić information content (AvgIpc) is 2.42. The smallest absolute Gasteiger partial charge is 0.0211 e. The van der Waals surface area contributed by atoms with Crippen molar-refractivity contribution in [2.45, 2.75) is 19.4 Å². The predicted octanol–water partition coefficient (Wildman–Crippen LogP) is 3.27. The molecule has 0 aliphatic rings. The number of nitrogens with zero attached hydrogens (tertiary/aromatic N) is 1. The first kappa shape index (κ1) is 14.0. The van der Waals surface area contributed by atoms with Crippen LogP contribution in [0.4, 0.5) is 0 Å². The first-order chi connectivity index (χ1) is 9.27. The van der Waals surface area contributed by atoms with E-state index in [1.165, 1.54) is 35.7 Å². The van der Waals surface area contributed by atoms with Crippen molar-refractivity contribution in [2.24, 2.45) is 0 Å². The Morgan fingerprint density at radius 1 is 0.947 bits per heavy atom. The Balaban J connectivity index is 1.82. The van der Waals surface area contributed by atoms with Crippen LogP contribution in [0.3, 0.4) is 0 Å². The Morgan fingerprint density at radius 3 is 2.58 bits per heavy atom. The fourth-order valence-electron chi connectivity index (χ4n) is 2.35. The van der Waals surface area contributed by atoms with Crippen LogP contribution in [0.2, 0.25) is 0 Å². The lowest BCUT2D eigenvalue weighted by molar-refractivity contribution is 0.391. The normalized spacial score (nSPS) is 11.3. The first-order valence-corrected chi connectivity index (χ1v) is 7.09. The van der Waals surface area contributed by atoms with Crippen molar-refractivity contribution in [3.8, 4) is 0 Å². The Labute approximate surface area is 116 Å². The van der Waals surface area contributed by atoms with Crippen molar-refractivity contribution in [3.63, 3.8) is 0 Å². The van der Waals surface area contributed by atoms with Crippen molar-refractivity contribution in [1.29, 1.82) is 0 Å². The summed E-state index contributed by atoms with van der Waals surface area (Å²) in [6.07, 6.45) is 2.50. The van der Waals surface area contributed by atoms with E-state index in [9.17, 15) is 0 Å². The van der Waals surface area contributed by atoms with E-state index in [0.29, 0.717) is 0 Å². The van der Waals surface area contributed by atoms with Gasteiger partial charge in [0, 0.05) is 6.54 Å². The van der Waals surface area contributed by atoms with Gasteiger partial charge in [0.15, 0.2) is 0 Å². The summed E-state index contributed by atoms with van der Waals surface area (Å²) < 4.78 is 0. The molecule has 2 heteroatoms. The quantitative estimate of drug-likeness (QED) is 0.765. The summed E-state index contributed by atoms with van der Waals surface area (Å²) in [4.78, 5) is 2.24. The van der Waals surface area contributed by atoms with Crippen molar-refractivity contribution < 1.29 is 0 Å². The van der Waals surface area contributed by atoms with E-state index < -0.39 is 0 Å². The highest BCUT2D eigenvalue weighted by Crippen LogP contribution is 2.18. The van der Waals surface area contributed by atoms with E-state index in [-0.39, 0.29) is 0 Å². The van der Waals surface area contributed by atoms with Crippen molar-refractivity contribution in [3.05, 3.63) is 48.0 Å². The van der Waals surface area contributed by atoms with Gasteiger partial charge in [-0.1, -0.05) is 42.5 Å². The molecule has 0 aliphatic heterocycles. The summed E-state index contributed by atoms with van der Waals surface area (Å²) >= 11 is 0. The van der Waals surface area contributed by atoms with Crippen molar-refractivity contribution >= 4 is 10.8 Å². The topological polar surface area (TPSA) is 15.3 Å². The largest absolute Gasteiger partial charge is 0.313 e. The van der Waals surface area contributed by atoms with Crippen molar-refractivity contribution in [1.82, 2.24) is 10.2 Å². The summed E-state index contributed by atoms with van der Waals surface area (Å²) in [6, 6.07) is 15.1. The second kappa shape index (κ2) is 7.27.